The molecule has 0 aliphatic carbocycles. The maximum absolute atomic E-state index is 11.4. The monoisotopic (exact) mass is 269 g/mol. The Kier molecular flexibility index (Phi) is 2.80. The number of benzene rings is 1. The van der Waals surface area contributed by atoms with Crippen LogP contribution in [0.4, 0.5) is 0 Å². The summed E-state index contributed by atoms with van der Waals surface area (Å²) in [6.45, 7) is 0. The van der Waals surface area contributed by atoms with Crippen molar-refractivity contribution in [3.8, 4) is 0 Å². The Morgan fingerprint density at radius 3 is 2.67 bits per heavy atom. The zero-order chi connectivity index (χ0) is 11.0. The molecule has 1 saturated heterocycles. The van der Waals surface area contributed by atoms with E-state index >= 15 is 0 Å². The molecule has 2 rings (SSSR count). The highest BCUT2D eigenvalue weighted by Crippen LogP contribution is 2.35. The minimum atomic E-state index is -0.610. The van der Waals surface area contributed by atoms with Crippen molar-refractivity contribution in [3.63, 3.8) is 0 Å². The van der Waals surface area contributed by atoms with Gasteiger partial charge in [0.1, 0.15) is 0 Å². The molecule has 4 heteroatoms. The van der Waals surface area contributed by atoms with Crippen LogP contribution in [0.15, 0.2) is 28.7 Å². The van der Waals surface area contributed by atoms with Crippen LogP contribution in [-0.4, -0.2) is 29.1 Å². The van der Waals surface area contributed by atoms with Crippen LogP contribution in [0.1, 0.15) is 18.0 Å². The first-order valence-electron chi connectivity index (χ1n) is 4.79. The summed E-state index contributed by atoms with van der Waals surface area (Å²) in [6.07, 6.45) is -0.399. The number of carbonyl (C=O) groups is 1. The number of nitrogens with zero attached hydrogens (tertiary/aromatic N) is 1. The van der Waals surface area contributed by atoms with Gasteiger partial charge in [-0.15, -0.1) is 0 Å². The molecule has 0 spiro atoms. The third kappa shape index (κ3) is 1.79. The van der Waals surface area contributed by atoms with E-state index in [2.05, 4.69) is 15.9 Å². The fourth-order valence-electron chi connectivity index (χ4n) is 1.98. The van der Waals surface area contributed by atoms with Crippen LogP contribution in [0.5, 0.6) is 0 Å². The summed E-state index contributed by atoms with van der Waals surface area (Å²) < 4.78 is 0.926. The predicted octanol–water partition coefficient (Wildman–Crippen LogP) is 1.71. The number of likely N-dealkylation sites (N-methyl/N-ethyl adjacent to an activating group) is 1. The van der Waals surface area contributed by atoms with Crippen molar-refractivity contribution in [1.82, 2.24) is 4.90 Å². The van der Waals surface area contributed by atoms with Crippen LogP contribution in [0.3, 0.4) is 0 Å². The Hall–Kier alpha value is -0.870. The molecule has 0 radical (unpaired) electrons. The van der Waals surface area contributed by atoms with Crippen LogP contribution in [0.25, 0.3) is 0 Å². The molecule has 1 amide bonds. The van der Waals surface area contributed by atoms with Gasteiger partial charge in [-0.05, 0) is 11.6 Å². The first-order chi connectivity index (χ1) is 7.11. The van der Waals surface area contributed by atoms with Gasteiger partial charge in [0.25, 0.3) is 0 Å². The van der Waals surface area contributed by atoms with Gasteiger partial charge in [-0.3, -0.25) is 4.79 Å². The molecule has 1 aliphatic rings. The Morgan fingerprint density at radius 2 is 2.13 bits per heavy atom. The van der Waals surface area contributed by atoms with E-state index in [9.17, 15) is 9.90 Å². The van der Waals surface area contributed by atoms with Crippen LogP contribution < -0.4 is 0 Å². The molecule has 1 aromatic rings. The molecule has 2 atom stereocenters. The smallest absolute Gasteiger partial charge is 0.225 e. The molecule has 3 nitrogen and oxygen atoms in total. The summed E-state index contributed by atoms with van der Waals surface area (Å²) in [6, 6.07) is 7.43. The third-order valence-electron chi connectivity index (χ3n) is 2.78. The first kappa shape index (κ1) is 10.6. The Bertz CT molecular complexity index is 394. The largest absolute Gasteiger partial charge is 0.390 e. The lowest BCUT2D eigenvalue weighted by Crippen LogP contribution is -2.26. The number of carbonyl (C=O) groups excluding carboxylic acids is 1. The van der Waals surface area contributed by atoms with Crippen LogP contribution in [0.2, 0.25) is 0 Å². The second kappa shape index (κ2) is 3.94. The molecule has 0 saturated carbocycles. The van der Waals surface area contributed by atoms with E-state index in [-0.39, 0.29) is 18.4 Å². The maximum atomic E-state index is 11.4. The van der Waals surface area contributed by atoms with Crippen molar-refractivity contribution in [3.05, 3.63) is 34.3 Å². The van der Waals surface area contributed by atoms with E-state index in [4.69, 9.17) is 0 Å². The lowest BCUT2D eigenvalue weighted by molar-refractivity contribution is -0.127. The third-order valence-corrected chi connectivity index (χ3v) is 3.50. The second-order valence-electron chi connectivity index (χ2n) is 3.74. The lowest BCUT2D eigenvalue weighted by Gasteiger charge is -2.23. The van der Waals surface area contributed by atoms with E-state index in [0.29, 0.717) is 0 Å². The number of rotatable bonds is 1. The van der Waals surface area contributed by atoms with Crippen molar-refractivity contribution >= 4 is 21.8 Å². The fraction of sp³-hybridized carbons (Fsp3) is 0.364. The second-order valence-corrected chi connectivity index (χ2v) is 4.60. The van der Waals surface area contributed by atoms with Crippen LogP contribution >= 0.6 is 15.9 Å². The molecule has 0 bridgehead atoms. The van der Waals surface area contributed by atoms with Crippen molar-refractivity contribution in [1.29, 1.82) is 0 Å². The molecule has 1 fully saturated rings. The zero-order valence-electron chi connectivity index (χ0n) is 8.35. The van der Waals surface area contributed by atoms with Gasteiger partial charge in [0.05, 0.1) is 18.6 Å². The minimum Gasteiger partial charge on any atom is -0.390 e. The van der Waals surface area contributed by atoms with Gasteiger partial charge in [0.2, 0.25) is 5.91 Å². The normalized spacial score (nSPS) is 26.1. The molecule has 1 heterocycles. The molecule has 15 heavy (non-hydrogen) atoms. The lowest BCUT2D eigenvalue weighted by atomic mass is 10.0. The molecule has 1 N–H and O–H groups in total. The van der Waals surface area contributed by atoms with Crippen molar-refractivity contribution < 1.29 is 9.90 Å². The van der Waals surface area contributed by atoms with E-state index in [1.54, 1.807) is 11.9 Å². The number of likely N-dealkylation sites (tertiary alicyclic amines) is 1. The standard InChI is InChI=1S/C11H12BrNO2/c1-13-10(15)6-9(14)11(13)7-4-2-3-5-8(7)12/h2-5,9,11,14H,6H2,1H3. The summed E-state index contributed by atoms with van der Waals surface area (Å²) >= 11 is 3.43. The molecular weight excluding hydrogens is 258 g/mol. The number of hydrogen-bond acceptors (Lipinski definition) is 2. The van der Waals surface area contributed by atoms with Gasteiger partial charge in [-0.25, -0.2) is 0 Å². The average Bonchev–Trinajstić information content (AvgIpc) is 2.43. The van der Waals surface area contributed by atoms with Gasteiger partial charge in [-0.2, -0.15) is 0 Å². The van der Waals surface area contributed by atoms with E-state index in [1.165, 1.54) is 0 Å². The predicted molar refractivity (Wildman–Crippen MR) is 60.3 cm³/mol. The minimum absolute atomic E-state index is 0.0109. The number of amides is 1. The summed E-state index contributed by atoms with van der Waals surface area (Å²) in [7, 11) is 1.72. The molecule has 1 aliphatic heterocycles. The van der Waals surface area contributed by atoms with E-state index in [1.807, 2.05) is 24.3 Å². The van der Waals surface area contributed by atoms with Gasteiger partial charge < -0.3 is 10.0 Å². The number of halogens is 1. The van der Waals surface area contributed by atoms with Crippen molar-refractivity contribution in [2.24, 2.45) is 0 Å². The maximum Gasteiger partial charge on any atom is 0.225 e. The van der Waals surface area contributed by atoms with Gasteiger partial charge in [0.15, 0.2) is 0 Å². The molecular formula is C11H12BrNO2. The highest BCUT2D eigenvalue weighted by molar-refractivity contribution is 9.10. The first-order valence-corrected chi connectivity index (χ1v) is 5.58. The molecule has 0 aromatic heterocycles. The molecule has 1 aromatic carbocycles. The summed E-state index contributed by atoms with van der Waals surface area (Å²) in [5, 5.41) is 9.82. The SMILES string of the molecule is CN1C(=O)CC(O)C1c1ccccc1Br. The van der Waals surface area contributed by atoms with Crippen LogP contribution in [0, 0.1) is 0 Å². The van der Waals surface area contributed by atoms with Gasteiger partial charge >= 0.3 is 0 Å². The Balaban J connectivity index is 2.39. The summed E-state index contributed by atoms with van der Waals surface area (Å²) in [5.74, 6) is -0.0109. The van der Waals surface area contributed by atoms with E-state index < -0.39 is 6.10 Å². The van der Waals surface area contributed by atoms with E-state index in [0.717, 1.165) is 10.0 Å². The number of aliphatic hydroxyl groups is 1. The molecule has 2 unspecified atom stereocenters. The summed E-state index contributed by atoms with van der Waals surface area (Å²) in [4.78, 5) is 13.0. The topological polar surface area (TPSA) is 40.5 Å². The average molecular weight is 270 g/mol. The van der Waals surface area contributed by atoms with Crippen molar-refractivity contribution in [2.75, 3.05) is 7.05 Å². The zero-order valence-corrected chi connectivity index (χ0v) is 9.94. The fourth-order valence-corrected chi connectivity index (χ4v) is 2.50. The van der Waals surface area contributed by atoms with Crippen LogP contribution in [-0.2, 0) is 4.79 Å². The highest BCUT2D eigenvalue weighted by atomic mass is 79.9. The number of hydrogen-bond donors (Lipinski definition) is 1. The van der Waals surface area contributed by atoms with Gasteiger partial charge in [-0.1, -0.05) is 34.1 Å². The molecule has 80 valence electrons. The quantitative estimate of drug-likeness (QED) is 0.844. The van der Waals surface area contributed by atoms with Crippen molar-refractivity contribution in [2.45, 2.75) is 18.6 Å². The highest BCUT2D eigenvalue weighted by Gasteiger charge is 2.37. The number of aliphatic hydroxyl groups excluding tert-OH is 1. The Morgan fingerprint density at radius 1 is 1.47 bits per heavy atom. The van der Waals surface area contributed by atoms with Gasteiger partial charge in [0, 0.05) is 11.5 Å². The Labute approximate surface area is 96.8 Å². The summed E-state index contributed by atoms with van der Waals surface area (Å²) in [5.41, 5.74) is 0.957.